The van der Waals surface area contributed by atoms with E-state index in [9.17, 15) is 0 Å². The Morgan fingerprint density at radius 3 is 2.19 bits per heavy atom. The standard InChI is InChI=1S/C22H33N3O/c1-7-13-25(14-8-2)20-23-19(24-26-20)16-9-10-17-18(15-16)22(5,6)12-11-21(17,3)4/h9-10,15H,7-8,11-14H2,1-6H3. The molecule has 0 fully saturated rings. The topological polar surface area (TPSA) is 42.2 Å². The minimum absolute atomic E-state index is 0.184. The first-order valence-electron chi connectivity index (χ1n) is 10.0. The molecule has 4 heteroatoms. The second-order valence-electron chi connectivity index (χ2n) is 8.92. The van der Waals surface area contributed by atoms with Gasteiger partial charge in [-0.1, -0.05) is 58.8 Å². The van der Waals surface area contributed by atoms with Gasteiger partial charge >= 0.3 is 6.01 Å². The summed E-state index contributed by atoms with van der Waals surface area (Å²) in [7, 11) is 0. The van der Waals surface area contributed by atoms with Crippen LogP contribution in [0.15, 0.2) is 22.7 Å². The first-order chi connectivity index (χ1) is 12.3. The summed E-state index contributed by atoms with van der Waals surface area (Å²) in [5, 5.41) is 4.28. The zero-order chi connectivity index (χ0) is 18.9. The van der Waals surface area contributed by atoms with Crippen molar-refractivity contribution in [1.29, 1.82) is 0 Å². The summed E-state index contributed by atoms with van der Waals surface area (Å²) < 4.78 is 5.59. The molecule has 1 aliphatic rings. The van der Waals surface area contributed by atoms with Crippen LogP contribution in [0.25, 0.3) is 11.4 Å². The smallest absolute Gasteiger partial charge is 0.324 e. The predicted molar refractivity (Wildman–Crippen MR) is 108 cm³/mol. The van der Waals surface area contributed by atoms with Crippen LogP contribution in [0.3, 0.4) is 0 Å². The van der Waals surface area contributed by atoms with Gasteiger partial charge in [-0.05, 0) is 53.7 Å². The zero-order valence-corrected chi connectivity index (χ0v) is 17.2. The van der Waals surface area contributed by atoms with Gasteiger partial charge in [0.1, 0.15) is 0 Å². The summed E-state index contributed by atoms with van der Waals surface area (Å²) in [5.74, 6) is 0.694. The SMILES string of the molecule is CCCN(CCC)c1nc(-c2ccc3c(c2)C(C)(C)CCC3(C)C)no1. The highest BCUT2D eigenvalue weighted by molar-refractivity contribution is 5.60. The van der Waals surface area contributed by atoms with E-state index in [0.29, 0.717) is 11.8 Å². The molecule has 1 aromatic carbocycles. The van der Waals surface area contributed by atoms with Gasteiger partial charge in [-0.25, -0.2) is 0 Å². The van der Waals surface area contributed by atoms with Crippen LogP contribution in [-0.2, 0) is 10.8 Å². The predicted octanol–water partition coefficient (Wildman–Crippen LogP) is 5.71. The molecular formula is C22H33N3O. The Morgan fingerprint density at radius 1 is 0.962 bits per heavy atom. The van der Waals surface area contributed by atoms with Crippen LogP contribution < -0.4 is 4.90 Å². The lowest BCUT2D eigenvalue weighted by Gasteiger charge is -2.42. The van der Waals surface area contributed by atoms with Crippen molar-refractivity contribution in [2.45, 2.75) is 78.1 Å². The molecule has 2 aromatic rings. The van der Waals surface area contributed by atoms with Crippen LogP contribution in [0.1, 0.15) is 78.4 Å². The molecule has 142 valence electrons. The molecule has 0 saturated carbocycles. The largest absolute Gasteiger partial charge is 0.324 e. The number of fused-ring (bicyclic) bond motifs is 1. The second-order valence-corrected chi connectivity index (χ2v) is 8.92. The van der Waals surface area contributed by atoms with Crippen LogP contribution in [0.4, 0.5) is 6.01 Å². The monoisotopic (exact) mass is 355 g/mol. The Bertz CT molecular complexity index is 754. The number of hydrogen-bond donors (Lipinski definition) is 0. The zero-order valence-electron chi connectivity index (χ0n) is 17.2. The van der Waals surface area contributed by atoms with Gasteiger partial charge in [-0.15, -0.1) is 0 Å². The number of hydrogen-bond acceptors (Lipinski definition) is 4. The van der Waals surface area contributed by atoms with Crippen LogP contribution >= 0.6 is 0 Å². The maximum atomic E-state index is 5.59. The quantitative estimate of drug-likeness (QED) is 0.665. The maximum absolute atomic E-state index is 5.59. The average Bonchev–Trinajstić information content (AvgIpc) is 3.09. The molecule has 0 atom stereocenters. The van der Waals surface area contributed by atoms with Gasteiger partial charge in [-0.3, -0.25) is 0 Å². The minimum Gasteiger partial charge on any atom is -0.324 e. The lowest BCUT2D eigenvalue weighted by atomic mass is 9.63. The van der Waals surface area contributed by atoms with Crippen molar-refractivity contribution in [3.05, 3.63) is 29.3 Å². The summed E-state index contributed by atoms with van der Waals surface area (Å²) in [5.41, 5.74) is 4.35. The van der Waals surface area contributed by atoms with E-state index in [1.807, 2.05) is 0 Å². The summed E-state index contributed by atoms with van der Waals surface area (Å²) in [6.07, 6.45) is 4.57. The number of benzene rings is 1. The summed E-state index contributed by atoms with van der Waals surface area (Å²) in [6.45, 7) is 15.6. The van der Waals surface area contributed by atoms with Gasteiger partial charge in [0.25, 0.3) is 0 Å². The van der Waals surface area contributed by atoms with Crippen molar-refractivity contribution in [2.75, 3.05) is 18.0 Å². The number of nitrogens with zero attached hydrogens (tertiary/aromatic N) is 3. The molecule has 0 spiro atoms. The second kappa shape index (κ2) is 7.05. The molecule has 1 aliphatic carbocycles. The third-order valence-corrected chi connectivity index (χ3v) is 5.78. The van der Waals surface area contributed by atoms with E-state index in [2.05, 4.69) is 69.8 Å². The third kappa shape index (κ3) is 3.51. The Balaban J connectivity index is 1.96. The van der Waals surface area contributed by atoms with Crippen molar-refractivity contribution >= 4 is 6.01 Å². The van der Waals surface area contributed by atoms with Gasteiger partial charge < -0.3 is 9.42 Å². The molecule has 0 amide bonds. The van der Waals surface area contributed by atoms with Gasteiger partial charge in [0.15, 0.2) is 0 Å². The first kappa shape index (κ1) is 18.9. The van der Waals surface area contributed by atoms with Crippen LogP contribution in [-0.4, -0.2) is 23.2 Å². The Kier molecular flexibility index (Phi) is 5.14. The van der Waals surface area contributed by atoms with Crippen molar-refractivity contribution in [3.8, 4) is 11.4 Å². The maximum Gasteiger partial charge on any atom is 0.324 e. The molecule has 1 heterocycles. The highest BCUT2D eigenvalue weighted by atomic mass is 16.5. The van der Waals surface area contributed by atoms with E-state index in [-0.39, 0.29) is 10.8 Å². The van der Waals surface area contributed by atoms with Crippen LogP contribution in [0.2, 0.25) is 0 Å². The fraction of sp³-hybridized carbons (Fsp3) is 0.636. The molecule has 0 unspecified atom stereocenters. The number of rotatable bonds is 6. The summed E-state index contributed by atoms with van der Waals surface area (Å²) in [6, 6.07) is 7.36. The summed E-state index contributed by atoms with van der Waals surface area (Å²) in [4.78, 5) is 6.88. The number of aromatic nitrogens is 2. The van der Waals surface area contributed by atoms with Crippen molar-refractivity contribution in [2.24, 2.45) is 0 Å². The molecule has 0 aliphatic heterocycles. The first-order valence-corrected chi connectivity index (χ1v) is 10.0. The van der Waals surface area contributed by atoms with Crippen molar-refractivity contribution in [3.63, 3.8) is 0 Å². The van der Waals surface area contributed by atoms with E-state index in [1.54, 1.807) is 0 Å². The van der Waals surface area contributed by atoms with Crippen molar-refractivity contribution in [1.82, 2.24) is 10.1 Å². The van der Waals surface area contributed by atoms with Gasteiger partial charge in [0, 0.05) is 18.7 Å². The average molecular weight is 356 g/mol. The fourth-order valence-electron chi connectivity index (χ4n) is 4.03. The molecule has 3 rings (SSSR count). The Morgan fingerprint density at radius 2 is 1.58 bits per heavy atom. The fourth-order valence-corrected chi connectivity index (χ4v) is 4.03. The molecule has 26 heavy (non-hydrogen) atoms. The Labute approximate surface area is 158 Å². The molecule has 0 saturated heterocycles. The molecule has 0 N–H and O–H groups in total. The van der Waals surface area contributed by atoms with E-state index in [4.69, 9.17) is 9.51 Å². The highest BCUT2D eigenvalue weighted by Gasteiger charge is 2.37. The molecule has 0 bridgehead atoms. The lowest BCUT2D eigenvalue weighted by Crippen LogP contribution is -2.33. The third-order valence-electron chi connectivity index (χ3n) is 5.78. The molecule has 0 radical (unpaired) electrons. The molecule has 4 nitrogen and oxygen atoms in total. The van der Waals surface area contributed by atoms with Gasteiger partial charge in [0.2, 0.25) is 5.82 Å². The van der Waals surface area contributed by atoms with Crippen LogP contribution in [0, 0.1) is 0 Å². The molecule has 1 aromatic heterocycles. The van der Waals surface area contributed by atoms with E-state index < -0.39 is 0 Å². The van der Waals surface area contributed by atoms with Crippen LogP contribution in [0.5, 0.6) is 0 Å². The van der Waals surface area contributed by atoms with Gasteiger partial charge in [0.05, 0.1) is 0 Å². The molecular weight excluding hydrogens is 322 g/mol. The van der Waals surface area contributed by atoms with Crippen molar-refractivity contribution < 1.29 is 4.52 Å². The van der Waals surface area contributed by atoms with E-state index in [1.165, 1.54) is 24.0 Å². The highest BCUT2D eigenvalue weighted by Crippen LogP contribution is 2.46. The number of anilines is 1. The van der Waals surface area contributed by atoms with E-state index in [0.717, 1.165) is 31.5 Å². The van der Waals surface area contributed by atoms with E-state index >= 15 is 0 Å². The lowest BCUT2D eigenvalue weighted by molar-refractivity contribution is 0.332. The minimum atomic E-state index is 0.184. The summed E-state index contributed by atoms with van der Waals surface area (Å²) >= 11 is 0. The normalized spacial score (nSPS) is 17.8. The van der Waals surface area contributed by atoms with Gasteiger partial charge in [-0.2, -0.15) is 4.98 Å². The Hall–Kier alpha value is -1.84.